The molecule has 1 N–H and O–H groups in total. The number of anilines is 1. The van der Waals surface area contributed by atoms with Crippen LogP contribution in [0.1, 0.15) is 19.3 Å². The third-order valence-corrected chi connectivity index (χ3v) is 3.47. The first kappa shape index (κ1) is 9.10. The van der Waals surface area contributed by atoms with Crippen LogP contribution in [0.4, 0.5) is 5.69 Å². The second-order valence-electron chi connectivity index (χ2n) is 3.20. The van der Waals surface area contributed by atoms with Crippen molar-refractivity contribution in [2.45, 2.75) is 19.3 Å². The lowest BCUT2D eigenvalue weighted by molar-refractivity contribution is 0.659. The summed E-state index contributed by atoms with van der Waals surface area (Å²) in [6.07, 6.45) is 6.22. The van der Waals surface area contributed by atoms with Crippen molar-refractivity contribution in [3.05, 3.63) is 27.4 Å². The minimum Gasteiger partial charge on any atom is -0.380 e. The summed E-state index contributed by atoms with van der Waals surface area (Å²) < 4.78 is 0.854. The Balaban J connectivity index is 1.82. The summed E-state index contributed by atoms with van der Waals surface area (Å²) in [7, 11) is 0. The van der Waals surface area contributed by atoms with Crippen LogP contribution < -0.4 is 5.32 Å². The van der Waals surface area contributed by atoms with E-state index in [1.54, 1.807) is 16.9 Å². The molecule has 3 heteroatoms. The van der Waals surface area contributed by atoms with E-state index >= 15 is 0 Å². The molecule has 0 bridgehead atoms. The fourth-order valence-electron chi connectivity index (χ4n) is 1.31. The van der Waals surface area contributed by atoms with Crippen molar-refractivity contribution in [2.75, 3.05) is 11.9 Å². The van der Waals surface area contributed by atoms with Gasteiger partial charge in [0, 0.05) is 6.54 Å². The number of hydrogen-bond donors (Lipinski definition) is 1. The van der Waals surface area contributed by atoms with Crippen LogP contribution in [0.5, 0.6) is 0 Å². The maximum atomic E-state index is 5.94. The Morgan fingerprint density at radius 1 is 1.54 bits per heavy atom. The molecule has 0 aliphatic heterocycles. The van der Waals surface area contributed by atoms with Gasteiger partial charge in [0.25, 0.3) is 0 Å². The van der Waals surface area contributed by atoms with Gasteiger partial charge in [-0.25, -0.2) is 0 Å². The Hall–Kier alpha value is -0.470. The van der Waals surface area contributed by atoms with Crippen molar-refractivity contribution in [2.24, 2.45) is 0 Å². The van der Waals surface area contributed by atoms with Gasteiger partial charge in [0.05, 0.1) is 5.69 Å². The van der Waals surface area contributed by atoms with Crippen LogP contribution in [0.3, 0.4) is 0 Å². The molecule has 1 aromatic heterocycles. The van der Waals surface area contributed by atoms with Crippen molar-refractivity contribution in [3.8, 4) is 0 Å². The average Bonchev–Trinajstić information content (AvgIpc) is 2.42. The number of thiophene rings is 1. The molecule has 1 nitrogen and oxygen atoms in total. The maximum Gasteiger partial charge on any atom is 0.116 e. The molecule has 0 amide bonds. The molecular formula is C10H12ClNS. The Labute approximate surface area is 87.4 Å². The van der Waals surface area contributed by atoms with Gasteiger partial charge in [0.15, 0.2) is 0 Å². The molecule has 1 aromatic rings. The Kier molecular flexibility index (Phi) is 2.91. The minimum atomic E-state index is 0.854. The molecule has 0 spiro atoms. The van der Waals surface area contributed by atoms with E-state index in [4.69, 9.17) is 11.6 Å². The number of allylic oxidation sites excluding steroid dienone is 1. The van der Waals surface area contributed by atoms with Crippen LogP contribution in [0.25, 0.3) is 0 Å². The Morgan fingerprint density at radius 3 is 2.92 bits per heavy atom. The lowest BCUT2D eigenvalue weighted by Gasteiger charge is -2.16. The van der Waals surface area contributed by atoms with Gasteiger partial charge in [-0.1, -0.05) is 23.3 Å². The summed E-state index contributed by atoms with van der Waals surface area (Å²) >= 11 is 7.50. The van der Waals surface area contributed by atoms with Gasteiger partial charge in [0.2, 0.25) is 0 Å². The van der Waals surface area contributed by atoms with Crippen LogP contribution in [-0.2, 0) is 0 Å². The monoisotopic (exact) mass is 213 g/mol. The topological polar surface area (TPSA) is 12.0 Å². The van der Waals surface area contributed by atoms with Crippen LogP contribution >= 0.6 is 22.9 Å². The van der Waals surface area contributed by atoms with Crippen molar-refractivity contribution < 1.29 is 0 Å². The summed E-state index contributed by atoms with van der Waals surface area (Å²) in [5, 5.41) is 5.30. The summed E-state index contributed by atoms with van der Waals surface area (Å²) in [5.41, 5.74) is 2.64. The van der Waals surface area contributed by atoms with Crippen molar-refractivity contribution in [1.29, 1.82) is 0 Å². The predicted octanol–water partition coefficient (Wildman–Crippen LogP) is 3.92. The quantitative estimate of drug-likeness (QED) is 0.751. The maximum absolute atomic E-state index is 5.94. The van der Waals surface area contributed by atoms with Crippen LogP contribution in [0.2, 0.25) is 4.34 Å². The first-order chi connectivity index (χ1) is 6.36. The highest BCUT2D eigenvalue weighted by Gasteiger charge is 2.06. The molecule has 2 rings (SSSR count). The molecule has 1 aliphatic rings. The van der Waals surface area contributed by atoms with E-state index in [-0.39, 0.29) is 0 Å². The van der Waals surface area contributed by atoms with Gasteiger partial charge in [-0.05, 0) is 30.7 Å². The summed E-state index contributed by atoms with van der Waals surface area (Å²) in [6.45, 7) is 0.909. The number of nitrogens with one attached hydrogen (secondary N) is 1. The largest absolute Gasteiger partial charge is 0.380 e. The lowest BCUT2D eigenvalue weighted by atomic mass is 9.92. The van der Waals surface area contributed by atoms with Crippen molar-refractivity contribution in [1.82, 2.24) is 0 Å². The average molecular weight is 214 g/mol. The molecule has 1 heterocycles. The second-order valence-corrected chi connectivity index (χ2v) is 4.72. The lowest BCUT2D eigenvalue weighted by Crippen LogP contribution is -2.03. The van der Waals surface area contributed by atoms with Gasteiger partial charge in [-0.3, -0.25) is 0 Å². The van der Waals surface area contributed by atoms with Gasteiger partial charge >= 0.3 is 0 Å². The molecule has 0 saturated heterocycles. The highest BCUT2D eigenvalue weighted by Crippen LogP contribution is 2.28. The smallest absolute Gasteiger partial charge is 0.116 e. The summed E-state index contributed by atoms with van der Waals surface area (Å²) in [5.74, 6) is 0. The summed E-state index contributed by atoms with van der Waals surface area (Å²) in [6, 6.07) is 2.02. The van der Waals surface area contributed by atoms with Gasteiger partial charge in [0.1, 0.15) is 4.34 Å². The van der Waals surface area contributed by atoms with Crippen LogP contribution in [0, 0.1) is 0 Å². The van der Waals surface area contributed by atoms with Crippen molar-refractivity contribution in [3.63, 3.8) is 0 Å². The second kappa shape index (κ2) is 4.16. The molecule has 1 fully saturated rings. The molecule has 0 aromatic carbocycles. The number of hydrogen-bond acceptors (Lipinski definition) is 2. The number of rotatable bonds is 3. The molecule has 70 valence electrons. The zero-order valence-electron chi connectivity index (χ0n) is 7.35. The van der Waals surface area contributed by atoms with E-state index in [0.29, 0.717) is 0 Å². The van der Waals surface area contributed by atoms with E-state index in [9.17, 15) is 0 Å². The van der Waals surface area contributed by atoms with Crippen molar-refractivity contribution >= 4 is 28.6 Å². The predicted molar refractivity (Wildman–Crippen MR) is 59.8 cm³/mol. The van der Waals surface area contributed by atoms with Gasteiger partial charge in [-0.15, -0.1) is 11.3 Å². The highest BCUT2D eigenvalue weighted by atomic mass is 35.5. The van der Waals surface area contributed by atoms with Gasteiger partial charge in [-0.2, -0.15) is 0 Å². The third kappa shape index (κ3) is 2.26. The molecule has 1 saturated carbocycles. The van der Waals surface area contributed by atoms with E-state index in [2.05, 4.69) is 11.4 Å². The molecule has 0 unspecified atom stereocenters. The number of halogens is 1. The Morgan fingerprint density at radius 2 is 2.38 bits per heavy atom. The summed E-state index contributed by atoms with van der Waals surface area (Å²) in [4.78, 5) is 0. The fraction of sp³-hybridized carbons (Fsp3) is 0.400. The third-order valence-electron chi connectivity index (χ3n) is 2.30. The van der Waals surface area contributed by atoms with Crippen LogP contribution in [-0.4, -0.2) is 6.54 Å². The van der Waals surface area contributed by atoms with E-state index in [0.717, 1.165) is 16.6 Å². The molecule has 13 heavy (non-hydrogen) atoms. The van der Waals surface area contributed by atoms with Crippen LogP contribution in [0.15, 0.2) is 23.1 Å². The van der Waals surface area contributed by atoms with E-state index < -0.39 is 0 Å². The molecular weight excluding hydrogens is 202 g/mol. The Bertz CT molecular complexity index is 310. The highest BCUT2D eigenvalue weighted by molar-refractivity contribution is 7.15. The first-order valence-corrected chi connectivity index (χ1v) is 5.77. The molecule has 1 aliphatic carbocycles. The van der Waals surface area contributed by atoms with Gasteiger partial charge < -0.3 is 5.32 Å². The molecule has 0 atom stereocenters. The SMILES string of the molecule is Clc1sccc1NCC=C1CCC1. The standard InChI is InChI=1S/C10H12ClNS/c11-10-9(5-7-13-10)12-6-4-8-2-1-3-8/h4-5,7,12H,1-3,6H2. The zero-order valence-corrected chi connectivity index (χ0v) is 8.92. The van der Waals surface area contributed by atoms with E-state index in [1.807, 2.05) is 11.4 Å². The molecule has 0 radical (unpaired) electrons. The van der Waals surface area contributed by atoms with E-state index in [1.165, 1.54) is 19.3 Å². The zero-order chi connectivity index (χ0) is 9.10. The fourth-order valence-corrected chi connectivity index (χ4v) is 2.18. The first-order valence-electron chi connectivity index (χ1n) is 4.51. The normalized spacial score (nSPS) is 15.3. The minimum absolute atomic E-state index is 0.854.